The number of fused-ring (bicyclic) bond motifs is 1. The normalized spacial score (nSPS) is 10.3. The van der Waals surface area contributed by atoms with Gasteiger partial charge in [0.25, 0.3) is 11.8 Å². The van der Waals surface area contributed by atoms with Crippen LogP contribution in [-0.4, -0.2) is 21.9 Å². The molecule has 0 aliphatic rings. The second-order valence-corrected chi connectivity index (χ2v) is 10.8. The molecule has 8 heteroatoms. The fourth-order valence-electron chi connectivity index (χ4n) is 4.16. The highest BCUT2D eigenvalue weighted by atomic mass is 32.1. The average molecular weight is 567 g/mol. The highest BCUT2D eigenvalue weighted by Gasteiger charge is 2.11. The smallest absolute Gasteiger partial charge is 0.257 e. The summed E-state index contributed by atoms with van der Waals surface area (Å²) in [5.74, 6) is -0.341. The first-order valence-electron chi connectivity index (χ1n) is 12.7. The fourth-order valence-corrected chi connectivity index (χ4v) is 5.28. The Morgan fingerprint density at radius 2 is 1.25 bits per heavy atom. The van der Waals surface area contributed by atoms with Crippen molar-refractivity contribution in [1.82, 2.24) is 10.3 Å². The summed E-state index contributed by atoms with van der Waals surface area (Å²) in [5, 5.41) is 9.49. The van der Waals surface area contributed by atoms with Gasteiger partial charge in [0, 0.05) is 16.8 Å². The van der Waals surface area contributed by atoms with Crippen LogP contribution < -0.4 is 16.0 Å². The first kappa shape index (κ1) is 28.6. The topological polar surface area (TPSA) is 83.1 Å². The molecule has 1 aromatic heterocycles. The van der Waals surface area contributed by atoms with Crippen LogP contribution in [0.3, 0.4) is 0 Å². The van der Waals surface area contributed by atoms with Crippen LogP contribution in [-0.2, 0) is 0 Å². The van der Waals surface area contributed by atoms with E-state index in [9.17, 15) is 9.59 Å². The quantitative estimate of drug-likeness (QED) is 0.195. The molecular weight excluding hydrogens is 537 g/mol. The number of hydrogen-bond donors (Lipinski definition) is 3. The van der Waals surface area contributed by atoms with Gasteiger partial charge in [-0.3, -0.25) is 20.2 Å². The zero-order chi connectivity index (χ0) is 28.6. The summed E-state index contributed by atoms with van der Waals surface area (Å²) in [4.78, 5) is 28.5. The minimum absolute atomic E-state index is 0.126. The maximum atomic E-state index is 12.1. The molecule has 4 aromatic carbocycles. The lowest BCUT2D eigenvalue weighted by Gasteiger charge is -2.11. The van der Waals surface area contributed by atoms with Crippen LogP contribution in [0.4, 0.5) is 10.8 Å². The second kappa shape index (κ2) is 13.1. The van der Waals surface area contributed by atoms with Gasteiger partial charge in [-0.15, -0.1) is 0 Å². The molecule has 0 fully saturated rings. The van der Waals surface area contributed by atoms with Gasteiger partial charge < -0.3 is 5.32 Å². The molecule has 0 spiro atoms. The maximum Gasteiger partial charge on any atom is 0.257 e. The summed E-state index contributed by atoms with van der Waals surface area (Å²) in [6.07, 6.45) is 0. The molecule has 40 heavy (non-hydrogen) atoms. The number of nitrogens with zero attached hydrogens (tertiary/aromatic N) is 1. The lowest BCUT2D eigenvalue weighted by molar-refractivity contribution is 0.0976. The summed E-state index contributed by atoms with van der Waals surface area (Å²) < 4.78 is 1.12. The van der Waals surface area contributed by atoms with E-state index in [-0.39, 0.29) is 11.8 Å². The van der Waals surface area contributed by atoms with Crippen LogP contribution in [0.25, 0.3) is 10.2 Å². The Morgan fingerprint density at radius 1 is 0.700 bits per heavy atom. The number of nitrogens with one attached hydrogen (secondary N) is 3. The van der Waals surface area contributed by atoms with Gasteiger partial charge >= 0.3 is 0 Å². The number of carbonyl (C=O) groups is 2. The van der Waals surface area contributed by atoms with Gasteiger partial charge in [-0.1, -0.05) is 59.9 Å². The van der Waals surface area contributed by atoms with Gasteiger partial charge in [0.15, 0.2) is 10.2 Å². The molecule has 0 aliphatic heterocycles. The van der Waals surface area contributed by atoms with Crippen molar-refractivity contribution in [1.29, 1.82) is 0 Å². The third-order valence-corrected chi connectivity index (χ3v) is 7.15. The number of carbonyl (C=O) groups excluding carboxylic acids is 2. The van der Waals surface area contributed by atoms with Gasteiger partial charge in [0.2, 0.25) is 0 Å². The van der Waals surface area contributed by atoms with Gasteiger partial charge in [-0.2, -0.15) is 0 Å². The monoisotopic (exact) mass is 566 g/mol. The van der Waals surface area contributed by atoms with Crippen molar-refractivity contribution in [3.63, 3.8) is 0 Å². The first-order chi connectivity index (χ1) is 19.2. The molecule has 5 aromatic rings. The predicted molar refractivity (Wildman–Crippen MR) is 170 cm³/mol. The Hall–Kier alpha value is -4.40. The average Bonchev–Trinajstić information content (AvgIpc) is 3.32. The maximum absolute atomic E-state index is 12.1. The lowest BCUT2D eigenvalue weighted by Crippen LogP contribution is -2.34. The van der Waals surface area contributed by atoms with Crippen molar-refractivity contribution in [2.75, 3.05) is 10.6 Å². The van der Waals surface area contributed by atoms with Crippen molar-refractivity contribution in [3.8, 4) is 0 Å². The SMILES string of the molecule is Cc1cc(C)c2sc(NC(=O)c3ccccc3)nc2c1.Cc1cc(C)cc(NC(=S)NC(=O)c2ccccc2)c1. The summed E-state index contributed by atoms with van der Waals surface area (Å²) in [6.45, 7) is 8.15. The van der Waals surface area contributed by atoms with E-state index >= 15 is 0 Å². The molecule has 202 valence electrons. The molecule has 0 radical (unpaired) electrons. The van der Waals surface area contributed by atoms with E-state index in [0.717, 1.165) is 27.0 Å². The summed E-state index contributed by atoms with van der Waals surface area (Å²) in [7, 11) is 0. The van der Waals surface area contributed by atoms with Crippen molar-refractivity contribution >= 4 is 61.5 Å². The molecule has 0 bridgehead atoms. The molecule has 3 N–H and O–H groups in total. The molecular formula is C32H30N4O2S2. The highest BCUT2D eigenvalue weighted by Crippen LogP contribution is 2.30. The molecule has 2 amide bonds. The third-order valence-electron chi connectivity index (χ3n) is 5.82. The van der Waals surface area contributed by atoms with E-state index in [4.69, 9.17) is 12.2 Å². The highest BCUT2D eigenvalue weighted by molar-refractivity contribution is 7.80. The molecule has 0 aliphatic carbocycles. The largest absolute Gasteiger partial charge is 0.332 e. The Bertz CT molecular complexity index is 1640. The Balaban J connectivity index is 0.000000185. The van der Waals surface area contributed by atoms with Crippen molar-refractivity contribution < 1.29 is 9.59 Å². The zero-order valence-electron chi connectivity index (χ0n) is 22.7. The number of aryl methyl sites for hydroxylation is 4. The van der Waals surface area contributed by atoms with E-state index in [2.05, 4.69) is 40.0 Å². The molecule has 0 saturated carbocycles. The number of hydrogen-bond acceptors (Lipinski definition) is 5. The van der Waals surface area contributed by atoms with E-state index in [1.54, 1.807) is 24.3 Å². The van der Waals surface area contributed by atoms with E-state index < -0.39 is 0 Å². The first-order valence-corrected chi connectivity index (χ1v) is 13.9. The number of anilines is 2. The van der Waals surface area contributed by atoms with Crippen molar-refractivity contribution in [2.45, 2.75) is 27.7 Å². The summed E-state index contributed by atoms with van der Waals surface area (Å²) in [5.41, 5.74) is 7.70. The van der Waals surface area contributed by atoms with Crippen LogP contribution in [0, 0.1) is 27.7 Å². The fraction of sp³-hybridized carbons (Fsp3) is 0.125. The van der Waals surface area contributed by atoms with Crippen molar-refractivity contribution in [3.05, 3.63) is 124 Å². The number of benzene rings is 4. The van der Waals surface area contributed by atoms with Crippen LogP contribution in [0.5, 0.6) is 0 Å². The van der Waals surface area contributed by atoms with Crippen LogP contribution in [0.1, 0.15) is 43.0 Å². The molecule has 0 unspecified atom stereocenters. The Morgan fingerprint density at radius 3 is 1.85 bits per heavy atom. The second-order valence-electron chi connectivity index (χ2n) is 9.42. The molecule has 5 rings (SSSR count). The number of amides is 2. The zero-order valence-corrected chi connectivity index (χ0v) is 24.4. The Kier molecular flexibility index (Phi) is 9.37. The van der Waals surface area contributed by atoms with Crippen LogP contribution >= 0.6 is 23.6 Å². The van der Waals surface area contributed by atoms with E-state index in [1.807, 2.05) is 75.4 Å². The van der Waals surface area contributed by atoms with E-state index in [0.29, 0.717) is 21.4 Å². The van der Waals surface area contributed by atoms with Gasteiger partial charge in [0.1, 0.15) is 0 Å². The van der Waals surface area contributed by atoms with Crippen LogP contribution in [0.2, 0.25) is 0 Å². The Labute approximate surface area is 243 Å². The number of rotatable bonds is 4. The third kappa shape index (κ3) is 7.81. The van der Waals surface area contributed by atoms with Gasteiger partial charge in [-0.25, -0.2) is 4.98 Å². The minimum atomic E-state index is -0.215. The number of thiocarbonyl (C=S) groups is 1. The summed E-state index contributed by atoms with van der Waals surface area (Å²) >= 11 is 6.67. The minimum Gasteiger partial charge on any atom is -0.332 e. The van der Waals surface area contributed by atoms with Gasteiger partial charge in [0.05, 0.1) is 10.2 Å². The van der Waals surface area contributed by atoms with Gasteiger partial charge in [-0.05, 0) is 105 Å². The van der Waals surface area contributed by atoms with Crippen LogP contribution in [0.15, 0.2) is 91.0 Å². The van der Waals surface area contributed by atoms with E-state index in [1.165, 1.54) is 22.5 Å². The van der Waals surface area contributed by atoms with Crippen molar-refractivity contribution in [2.24, 2.45) is 0 Å². The number of aromatic nitrogens is 1. The molecule has 0 atom stereocenters. The molecule has 6 nitrogen and oxygen atoms in total. The predicted octanol–water partition coefficient (Wildman–Crippen LogP) is 7.60. The standard InChI is InChI=1S/C16H14N2OS.C16H16N2OS/c1-10-8-11(2)14-13(9-10)17-16(20-14)18-15(19)12-6-4-3-5-7-12;1-11-8-12(2)10-14(9-11)17-16(20)18-15(19)13-6-4-3-5-7-13/h3-9H,1-2H3,(H,17,18,19);3-10H,1-2H3,(H2,17,18,19,20). The molecule has 0 saturated heterocycles. The molecule has 1 heterocycles. The number of thiazole rings is 1. The summed E-state index contributed by atoms with van der Waals surface area (Å²) in [6, 6.07) is 28.4. The lowest BCUT2D eigenvalue weighted by atomic mass is 10.1.